The van der Waals surface area contributed by atoms with Crippen LogP contribution in [0.25, 0.3) is 0 Å². The average Bonchev–Trinajstić information content (AvgIpc) is 2.97. The summed E-state index contributed by atoms with van der Waals surface area (Å²) in [5, 5.41) is 16.1. The summed E-state index contributed by atoms with van der Waals surface area (Å²) in [6.45, 7) is 4.67. The fraction of sp³-hybridized carbons (Fsp3) is 0.455. The normalized spacial score (nSPS) is 12.0. The highest BCUT2D eigenvalue weighted by molar-refractivity contribution is 7.89. The third-order valence-electron chi connectivity index (χ3n) is 2.60. The molecule has 0 saturated carbocycles. The topological polar surface area (TPSA) is 126 Å². The smallest absolute Gasteiger partial charge is 0.258 e. The minimum atomic E-state index is -3.69. The van der Waals surface area contributed by atoms with Crippen LogP contribution >= 0.6 is 0 Å². The van der Waals surface area contributed by atoms with E-state index in [0.717, 1.165) is 5.56 Å². The number of hydrogen-bond acceptors (Lipinski definition) is 7. The van der Waals surface area contributed by atoms with Crippen LogP contribution in [0.4, 0.5) is 0 Å². The molecule has 0 aliphatic heterocycles. The number of tetrazole rings is 1. The third kappa shape index (κ3) is 4.55. The van der Waals surface area contributed by atoms with Crippen molar-refractivity contribution in [2.45, 2.75) is 38.0 Å². The first-order valence-corrected chi connectivity index (χ1v) is 7.86. The first-order valence-electron chi connectivity index (χ1n) is 6.37. The molecular formula is C11H17N7O2S. The molecule has 0 amide bonds. The van der Waals surface area contributed by atoms with E-state index in [2.05, 4.69) is 35.6 Å². The van der Waals surface area contributed by atoms with Gasteiger partial charge in [-0.05, 0) is 11.6 Å². The fourth-order valence-corrected chi connectivity index (χ4v) is 2.39. The second-order valence-electron chi connectivity index (χ2n) is 4.69. The largest absolute Gasteiger partial charge is 0.310 e. The standard InChI is InChI=1S/C11H17N7O2S/c1-8(2)12-5-9-3-4-11(13-6-9)21(19,20)14-7-10-15-17-18-16-10/h3-4,6,8,12,14H,5,7H2,1-2H3,(H,15,16,17,18). The van der Waals surface area contributed by atoms with Crippen LogP contribution in [0.15, 0.2) is 23.4 Å². The Morgan fingerprint density at radius 2 is 2.10 bits per heavy atom. The Hall–Kier alpha value is -1.91. The quantitative estimate of drug-likeness (QED) is 0.633. The Kier molecular flexibility index (Phi) is 4.94. The minimum absolute atomic E-state index is 0.0423. The van der Waals surface area contributed by atoms with Crippen LogP contribution in [0.1, 0.15) is 25.2 Å². The molecule has 0 saturated heterocycles. The highest BCUT2D eigenvalue weighted by atomic mass is 32.2. The van der Waals surface area contributed by atoms with Gasteiger partial charge in [-0.3, -0.25) is 0 Å². The molecule has 9 nitrogen and oxygen atoms in total. The second-order valence-corrected chi connectivity index (χ2v) is 6.41. The lowest BCUT2D eigenvalue weighted by molar-refractivity contribution is 0.573. The summed E-state index contributed by atoms with van der Waals surface area (Å²) >= 11 is 0. The summed E-state index contributed by atoms with van der Waals surface area (Å²) in [6.07, 6.45) is 1.54. The highest BCUT2D eigenvalue weighted by Crippen LogP contribution is 2.07. The third-order valence-corrected chi connectivity index (χ3v) is 3.91. The molecule has 0 spiro atoms. The maximum atomic E-state index is 12.0. The van der Waals surface area contributed by atoms with E-state index in [-0.39, 0.29) is 17.4 Å². The van der Waals surface area contributed by atoms with Gasteiger partial charge in [0, 0.05) is 18.8 Å². The van der Waals surface area contributed by atoms with Gasteiger partial charge in [-0.2, -0.15) is 5.21 Å². The Balaban J connectivity index is 1.99. The second kappa shape index (κ2) is 6.70. The SMILES string of the molecule is CC(C)NCc1ccc(S(=O)(=O)NCc2nn[nH]n2)nc1. The molecule has 10 heteroatoms. The van der Waals surface area contributed by atoms with Gasteiger partial charge in [0.25, 0.3) is 10.0 Å². The molecule has 2 aromatic rings. The van der Waals surface area contributed by atoms with Crippen LogP contribution < -0.4 is 10.0 Å². The van der Waals surface area contributed by atoms with Gasteiger partial charge < -0.3 is 5.32 Å². The van der Waals surface area contributed by atoms with E-state index in [1.807, 2.05) is 13.8 Å². The summed E-state index contributed by atoms with van der Waals surface area (Å²) in [4.78, 5) is 3.97. The van der Waals surface area contributed by atoms with Crippen LogP contribution in [0, 0.1) is 0 Å². The molecule has 0 aromatic carbocycles. The zero-order chi connectivity index (χ0) is 15.3. The number of aromatic amines is 1. The molecule has 21 heavy (non-hydrogen) atoms. The highest BCUT2D eigenvalue weighted by Gasteiger charge is 2.16. The van der Waals surface area contributed by atoms with Crippen LogP contribution in [0.5, 0.6) is 0 Å². The van der Waals surface area contributed by atoms with Crippen LogP contribution in [-0.4, -0.2) is 40.1 Å². The van der Waals surface area contributed by atoms with Crippen molar-refractivity contribution in [1.82, 2.24) is 35.6 Å². The van der Waals surface area contributed by atoms with E-state index in [0.29, 0.717) is 12.6 Å². The first kappa shape index (κ1) is 15.5. The summed E-state index contributed by atoms with van der Waals surface area (Å²) < 4.78 is 26.4. The predicted molar refractivity (Wildman–Crippen MR) is 74.4 cm³/mol. The van der Waals surface area contributed by atoms with E-state index < -0.39 is 10.0 Å². The number of nitrogens with zero attached hydrogens (tertiary/aromatic N) is 4. The lowest BCUT2D eigenvalue weighted by Gasteiger charge is -2.08. The number of nitrogens with one attached hydrogen (secondary N) is 3. The van der Waals surface area contributed by atoms with Crippen molar-refractivity contribution in [2.75, 3.05) is 0 Å². The van der Waals surface area contributed by atoms with Gasteiger partial charge in [0.2, 0.25) is 0 Å². The van der Waals surface area contributed by atoms with Crippen molar-refractivity contribution in [3.8, 4) is 0 Å². The monoisotopic (exact) mass is 311 g/mol. The number of sulfonamides is 1. The van der Waals surface area contributed by atoms with Crippen LogP contribution in [-0.2, 0) is 23.1 Å². The van der Waals surface area contributed by atoms with Gasteiger partial charge in [-0.1, -0.05) is 25.1 Å². The van der Waals surface area contributed by atoms with Crippen molar-refractivity contribution in [2.24, 2.45) is 0 Å². The van der Waals surface area contributed by atoms with Crippen molar-refractivity contribution < 1.29 is 8.42 Å². The van der Waals surface area contributed by atoms with Crippen molar-refractivity contribution in [1.29, 1.82) is 0 Å². The number of hydrogen-bond donors (Lipinski definition) is 3. The van der Waals surface area contributed by atoms with Crippen molar-refractivity contribution in [3.05, 3.63) is 29.7 Å². The molecule has 0 aliphatic rings. The fourth-order valence-electron chi connectivity index (χ4n) is 1.49. The lowest BCUT2D eigenvalue weighted by atomic mass is 10.2. The van der Waals surface area contributed by atoms with Gasteiger partial charge in [0.1, 0.15) is 0 Å². The summed E-state index contributed by atoms with van der Waals surface area (Å²) in [6, 6.07) is 3.55. The number of rotatable bonds is 7. The molecule has 0 unspecified atom stereocenters. The number of pyridine rings is 1. The molecule has 2 heterocycles. The van der Waals surface area contributed by atoms with Gasteiger partial charge >= 0.3 is 0 Å². The Morgan fingerprint density at radius 1 is 1.29 bits per heavy atom. The van der Waals surface area contributed by atoms with Crippen molar-refractivity contribution >= 4 is 10.0 Å². The molecule has 0 aliphatic carbocycles. The number of aromatic nitrogens is 5. The van der Waals surface area contributed by atoms with Gasteiger partial charge in [0.05, 0.1) is 6.54 Å². The zero-order valence-corrected chi connectivity index (χ0v) is 12.6. The predicted octanol–water partition coefficient (Wildman–Crippen LogP) is -0.429. The molecule has 0 atom stereocenters. The van der Waals surface area contributed by atoms with Gasteiger partial charge in [-0.25, -0.2) is 18.1 Å². The van der Waals surface area contributed by atoms with E-state index in [4.69, 9.17) is 0 Å². The van der Waals surface area contributed by atoms with Crippen molar-refractivity contribution in [3.63, 3.8) is 0 Å². The molecule has 2 rings (SSSR count). The zero-order valence-electron chi connectivity index (χ0n) is 11.7. The molecule has 0 fully saturated rings. The Bertz CT molecular complexity index is 652. The summed E-state index contributed by atoms with van der Waals surface area (Å²) in [5.74, 6) is 0.260. The van der Waals surface area contributed by atoms with E-state index >= 15 is 0 Å². The molecule has 0 bridgehead atoms. The molecule has 2 aromatic heterocycles. The first-order chi connectivity index (χ1) is 9.97. The van der Waals surface area contributed by atoms with Crippen LogP contribution in [0.2, 0.25) is 0 Å². The van der Waals surface area contributed by atoms with Gasteiger partial charge in [0.15, 0.2) is 10.9 Å². The lowest BCUT2D eigenvalue weighted by Crippen LogP contribution is -2.25. The average molecular weight is 311 g/mol. The van der Waals surface area contributed by atoms with Crippen LogP contribution in [0.3, 0.4) is 0 Å². The number of H-pyrrole nitrogens is 1. The summed E-state index contributed by atoms with van der Waals surface area (Å²) in [7, 11) is -3.69. The maximum absolute atomic E-state index is 12.0. The van der Waals surface area contributed by atoms with Gasteiger partial charge in [-0.15, -0.1) is 10.2 Å². The van der Waals surface area contributed by atoms with E-state index in [1.165, 1.54) is 12.3 Å². The molecule has 0 radical (unpaired) electrons. The minimum Gasteiger partial charge on any atom is -0.310 e. The Labute approximate surface area is 122 Å². The molecule has 114 valence electrons. The molecular weight excluding hydrogens is 294 g/mol. The van der Waals surface area contributed by atoms with E-state index in [1.54, 1.807) is 6.07 Å². The van der Waals surface area contributed by atoms with E-state index in [9.17, 15) is 8.42 Å². The summed E-state index contributed by atoms with van der Waals surface area (Å²) in [5.41, 5.74) is 0.917. The molecule has 3 N–H and O–H groups in total. The Morgan fingerprint density at radius 3 is 2.67 bits per heavy atom. The maximum Gasteiger partial charge on any atom is 0.258 e.